The highest BCUT2D eigenvalue weighted by molar-refractivity contribution is 7.89. The lowest BCUT2D eigenvalue weighted by Gasteiger charge is -2.37. The van der Waals surface area contributed by atoms with Crippen LogP contribution in [0.4, 0.5) is 0 Å². The van der Waals surface area contributed by atoms with Gasteiger partial charge in [-0.05, 0) is 37.1 Å². The minimum Gasteiger partial charge on any atom is -0.247 e. The molecule has 0 unspecified atom stereocenters. The summed E-state index contributed by atoms with van der Waals surface area (Å²) in [5, 5.41) is 17.1. The highest BCUT2D eigenvalue weighted by atomic mass is 32.2. The number of benzene rings is 1. The van der Waals surface area contributed by atoms with Gasteiger partial charge in [-0.25, -0.2) is 13.1 Å². The van der Waals surface area contributed by atoms with E-state index in [0.717, 1.165) is 5.69 Å². The Bertz CT molecular complexity index is 871. The third-order valence-corrected chi connectivity index (χ3v) is 6.19. The summed E-state index contributed by atoms with van der Waals surface area (Å²) in [6.07, 6.45) is 4.28. The molecule has 1 aliphatic heterocycles. The first kappa shape index (κ1) is 14.4. The number of hydrogen-bond acceptors (Lipinski definition) is 5. The van der Waals surface area contributed by atoms with Crippen molar-refractivity contribution in [1.82, 2.24) is 19.3 Å². The van der Waals surface area contributed by atoms with Crippen LogP contribution in [0.1, 0.15) is 36.1 Å². The minimum absolute atomic E-state index is 0.0446. The second-order valence-electron chi connectivity index (χ2n) is 6.01. The van der Waals surface area contributed by atoms with Crippen LogP contribution in [0.15, 0.2) is 35.4 Å². The number of sulfonamides is 1. The molecule has 0 radical (unpaired) electrons. The number of nitriles is 1. The van der Waals surface area contributed by atoms with Gasteiger partial charge < -0.3 is 0 Å². The van der Waals surface area contributed by atoms with Crippen LogP contribution >= 0.6 is 0 Å². The molecule has 23 heavy (non-hydrogen) atoms. The van der Waals surface area contributed by atoms with Crippen LogP contribution in [0, 0.1) is 11.3 Å². The van der Waals surface area contributed by atoms with Gasteiger partial charge in [0.1, 0.15) is 0 Å². The molecule has 4 rings (SSSR count). The summed E-state index contributed by atoms with van der Waals surface area (Å²) in [6.45, 7) is 0.797. The van der Waals surface area contributed by atoms with E-state index in [1.165, 1.54) is 41.4 Å². The van der Waals surface area contributed by atoms with Gasteiger partial charge in [0.2, 0.25) is 10.0 Å². The highest BCUT2D eigenvalue weighted by Gasteiger charge is 2.39. The molecule has 0 bridgehead atoms. The molecule has 0 N–H and O–H groups in total. The molecule has 1 aliphatic carbocycles. The fourth-order valence-electron chi connectivity index (χ4n) is 2.67. The maximum Gasteiger partial charge on any atom is 0.243 e. The maximum absolute atomic E-state index is 12.5. The van der Waals surface area contributed by atoms with Crippen molar-refractivity contribution in [2.24, 2.45) is 0 Å². The van der Waals surface area contributed by atoms with Gasteiger partial charge in [-0.2, -0.15) is 9.57 Å². The Kier molecular flexibility index (Phi) is 3.21. The summed E-state index contributed by atoms with van der Waals surface area (Å²) in [7, 11) is -3.50. The highest BCUT2D eigenvalue weighted by Crippen LogP contribution is 2.39. The van der Waals surface area contributed by atoms with Crippen molar-refractivity contribution in [3.63, 3.8) is 0 Å². The van der Waals surface area contributed by atoms with Crippen LogP contribution in [0.3, 0.4) is 0 Å². The van der Waals surface area contributed by atoms with E-state index < -0.39 is 10.0 Å². The largest absolute Gasteiger partial charge is 0.247 e. The van der Waals surface area contributed by atoms with E-state index in [0.29, 0.717) is 24.6 Å². The number of hydrogen-bond donors (Lipinski definition) is 0. The van der Waals surface area contributed by atoms with Gasteiger partial charge in [-0.3, -0.25) is 0 Å². The lowest BCUT2D eigenvalue weighted by molar-refractivity contribution is 0.189. The smallest absolute Gasteiger partial charge is 0.243 e. The quantitative estimate of drug-likeness (QED) is 0.842. The molecule has 1 aromatic heterocycles. The first-order valence-corrected chi connectivity index (χ1v) is 8.94. The Labute approximate surface area is 134 Å². The molecular formula is C15H15N5O2S. The molecule has 1 aromatic carbocycles. The molecule has 7 nitrogen and oxygen atoms in total. The zero-order valence-electron chi connectivity index (χ0n) is 12.3. The third-order valence-electron chi connectivity index (χ3n) is 4.35. The summed E-state index contributed by atoms with van der Waals surface area (Å²) < 4.78 is 28.2. The molecule has 2 aromatic rings. The van der Waals surface area contributed by atoms with E-state index in [1.54, 1.807) is 4.68 Å². The van der Waals surface area contributed by atoms with Gasteiger partial charge in [0.25, 0.3) is 0 Å². The van der Waals surface area contributed by atoms with Gasteiger partial charge in [-0.15, -0.1) is 5.10 Å². The van der Waals surface area contributed by atoms with E-state index in [2.05, 4.69) is 10.3 Å². The molecule has 1 saturated heterocycles. The van der Waals surface area contributed by atoms with E-state index in [4.69, 9.17) is 5.26 Å². The first-order valence-electron chi connectivity index (χ1n) is 7.50. The van der Waals surface area contributed by atoms with Crippen LogP contribution in [0.5, 0.6) is 0 Å². The fraction of sp³-hybridized carbons (Fsp3) is 0.400. The van der Waals surface area contributed by atoms with Gasteiger partial charge in [0, 0.05) is 25.2 Å². The Balaban J connectivity index is 1.46. The average Bonchev–Trinajstić information content (AvgIpc) is 3.25. The topological polar surface area (TPSA) is 91.9 Å². The normalized spacial score (nSPS) is 19.3. The maximum atomic E-state index is 12.5. The fourth-order valence-corrected chi connectivity index (χ4v) is 4.18. The Morgan fingerprint density at radius 2 is 1.87 bits per heavy atom. The molecular weight excluding hydrogens is 314 g/mol. The zero-order valence-corrected chi connectivity index (χ0v) is 13.1. The lowest BCUT2D eigenvalue weighted by atomic mass is 10.2. The van der Waals surface area contributed by atoms with Crippen molar-refractivity contribution in [3.8, 4) is 6.07 Å². The number of aromatic nitrogens is 3. The zero-order chi connectivity index (χ0) is 16.0. The van der Waals surface area contributed by atoms with Gasteiger partial charge in [-0.1, -0.05) is 5.21 Å². The van der Waals surface area contributed by atoms with E-state index in [-0.39, 0.29) is 10.9 Å². The molecule has 2 aliphatic rings. The number of nitrogens with zero attached hydrogens (tertiary/aromatic N) is 5. The SMILES string of the molecule is N#Cc1ccc(S(=O)(=O)N2CC(n3cc(C4CC4)nn3)C2)cc1. The standard InChI is InChI=1S/C15H15N5O2S/c16-7-11-1-5-14(6-2-11)23(21,22)19-8-13(9-19)20-10-15(17-18-20)12-3-4-12/h1-2,5-6,10,12-13H,3-4,8-9H2. The van der Waals surface area contributed by atoms with Crippen LogP contribution < -0.4 is 0 Å². The third kappa shape index (κ3) is 2.52. The van der Waals surface area contributed by atoms with Crippen molar-refractivity contribution in [2.45, 2.75) is 29.7 Å². The Morgan fingerprint density at radius 3 is 2.48 bits per heavy atom. The van der Waals surface area contributed by atoms with Gasteiger partial charge >= 0.3 is 0 Å². The molecule has 2 heterocycles. The minimum atomic E-state index is -3.50. The first-order chi connectivity index (χ1) is 11.1. The Morgan fingerprint density at radius 1 is 1.17 bits per heavy atom. The second-order valence-corrected chi connectivity index (χ2v) is 7.95. The molecule has 2 fully saturated rings. The average molecular weight is 329 g/mol. The lowest BCUT2D eigenvalue weighted by Crippen LogP contribution is -2.50. The Hall–Kier alpha value is -2.24. The number of rotatable bonds is 4. The molecule has 0 amide bonds. The predicted molar refractivity (Wildman–Crippen MR) is 80.9 cm³/mol. The molecule has 1 saturated carbocycles. The van der Waals surface area contributed by atoms with E-state index in [9.17, 15) is 8.42 Å². The molecule has 8 heteroatoms. The van der Waals surface area contributed by atoms with Crippen molar-refractivity contribution in [1.29, 1.82) is 5.26 Å². The van der Waals surface area contributed by atoms with Gasteiger partial charge in [0.05, 0.1) is 28.3 Å². The van der Waals surface area contributed by atoms with E-state index >= 15 is 0 Å². The molecule has 118 valence electrons. The molecule has 0 atom stereocenters. The summed E-state index contributed by atoms with van der Waals surface area (Å²) in [4.78, 5) is 0.215. The van der Waals surface area contributed by atoms with Crippen LogP contribution in [0.25, 0.3) is 0 Å². The van der Waals surface area contributed by atoms with Crippen LogP contribution in [0.2, 0.25) is 0 Å². The van der Waals surface area contributed by atoms with Gasteiger partial charge in [0.15, 0.2) is 0 Å². The van der Waals surface area contributed by atoms with Crippen molar-refractivity contribution < 1.29 is 8.42 Å². The summed E-state index contributed by atoms with van der Waals surface area (Å²) in [5.41, 5.74) is 1.46. The second kappa shape index (κ2) is 5.15. The van der Waals surface area contributed by atoms with Crippen molar-refractivity contribution >= 4 is 10.0 Å². The molecule has 0 spiro atoms. The summed E-state index contributed by atoms with van der Waals surface area (Å²) in [6, 6.07) is 8.01. The summed E-state index contributed by atoms with van der Waals surface area (Å²) >= 11 is 0. The monoisotopic (exact) mass is 329 g/mol. The predicted octanol–water partition coefficient (Wildman–Crippen LogP) is 1.27. The van der Waals surface area contributed by atoms with Crippen LogP contribution in [-0.4, -0.2) is 40.8 Å². The van der Waals surface area contributed by atoms with Crippen molar-refractivity contribution in [2.75, 3.05) is 13.1 Å². The summed E-state index contributed by atoms with van der Waals surface area (Å²) in [5.74, 6) is 0.544. The van der Waals surface area contributed by atoms with Crippen LogP contribution in [-0.2, 0) is 10.0 Å². The van der Waals surface area contributed by atoms with Crippen molar-refractivity contribution in [3.05, 3.63) is 41.7 Å². The van der Waals surface area contributed by atoms with E-state index in [1.807, 2.05) is 12.3 Å².